The number of nitrogens with two attached hydrogens (primary N) is 1. The van der Waals surface area contributed by atoms with Gasteiger partial charge in [-0.25, -0.2) is 13.6 Å². The SMILES string of the molecule is Cc1ccc(S(N)(=O)=O)cc1C(=O)N[C@H](C)c1ccc2c(c1)CCCC2. The largest absolute Gasteiger partial charge is 0.346 e. The zero-order chi connectivity index (χ0) is 18.9. The summed E-state index contributed by atoms with van der Waals surface area (Å²) >= 11 is 0. The number of carbonyl (C=O) groups is 1. The van der Waals surface area contributed by atoms with Crippen LogP contribution in [0.25, 0.3) is 0 Å². The first-order chi connectivity index (χ1) is 12.3. The summed E-state index contributed by atoms with van der Waals surface area (Å²) < 4.78 is 23.1. The number of rotatable bonds is 4. The Hall–Kier alpha value is -2.18. The smallest absolute Gasteiger partial charge is 0.252 e. The summed E-state index contributed by atoms with van der Waals surface area (Å²) in [6.07, 6.45) is 4.64. The quantitative estimate of drug-likeness (QED) is 0.864. The van der Waals surface area contributed by atoms with Crippen LogP contribution in [0.2, 0.25) is 0 Å². The summed E-state index contributed by atoms with van der Waals surface area (Å²) in [5, 5.41) is 8.14. The van der Waals surface area contributed by atoms with E-state index in [-0.39, 0.29) is 16.8 Å². The van der Waals surface area contributed by atoms with E-state index in [9.17, 15) is 13.2 Å². The molecule has 1 atom stereocenters. The Morgan fingerprint density at radius 2 is 1.77 bits per heavy atom. The number of hydrogen-bond acceptors (Lipinski definition) is 3. The van der Waals surface area contributed by atoms with E-state index in [1.54, 1.807) is 13.0 Å². The molecule has 0 heterocycles. The monoisotopic (exact) mass is 372 g/mol. The molecule has 3 N–H and O–H groups in total. The van der Waals surface area contributed by atoms with E-state index in [1.807, 2.05) is 6.92 Å². The van der Waals surface area contributed by atoms with Crippen LogP contribution in [-0.2, 0) is 22.9 Å². The number of benzene rings is 2. The second-order valence-electron chi connectivity index (χ2n) is 6.95. The molecule has 6 heteroatoms. The van der Waals surface area contributed by atoms with Crippen molar-refractivity contribution in [1.82, 2.24) is 5.32 Å². The lowest BCUT2D eigenvalue weighted by molar-refractivity contribution is 0.0939. The Balaban J connectivity index is 1.81. The highest BCUT2D eigenvalue weighted by Gasteiger charge is 2.18. The summed E-state index contributed by atoms with van der Waals surface area (Å²) in [6, 6.07) is 10.5. The molecule has 0 unspecified atom stereocenters. The summed E-state index contributed by atoms with van der Waals surface area (Å²) in [7, 11) is -3.85. The van der Waals surface area contributed by atoms with Crippen LogP contribution in [0.4, 0.5) is 0 Å². The van der Waals surface area contributed by atoms with Crippen molar-refractivity contribution in [2.75, 3.05) is 0 Å². The van der Waals surface area contributed by atoms with Crippen LogP contribution in [0.15, 0.2) is 41.3 Å². The number of hydrogen-bond donors (Lipinski definition) is 2. The minimum atomic E-state index is -3.85. The Bertz CT molecular complexity index is 952. The fraction of sp³-hybridized carbons (Fsp3) is 0.350. The zero-order valence-corrected chi connectivity index (χ0v) is 15.9. The Kier molecular flexibility index (Phi) is 5.16. The second kappa shape index (κ2) is 7.21. The minimum Gasteiger partial charge on any atom is -0.346 e. The highest BCUT2D eigenvalue weighted by atomic mass is 32.2. The van der Waals surface area contributed by atoms with Gasteiger partial charge in [-0.2, -0.15) is 0 Å². The standard InChI is InChI=1S/C20H24N2O3S/c1-13-7-10-18(26(21,24)25)12-19(13)20(23)22-14(2)16-9-8-15-5-3-4-6-17(15)11-16/h7-12,14H,3-6H2,1-2H3,(H,22,23)(H2,21,24,25)/t14-/m1/s1. The first-order valence-corrected chi connectivity index (χ1v) is 10.4. The molecule has 1 aliphatic carbocycles. The number of amides is 1. The van der Waals surface area contributed by atoms with E-state index in [4.69, 9.17) is 5.14 Å². The van der Waals surface area contributed by atoms with E-state index < -0.39 is 10.0 Å². The first-order valence-electron chi connectivity index (χ1n) is 8.82. The predicted octanol–water partition coefficient (Wildman–Crippen LogP) is 3.01. The molecule has 0 saturated heterocycles. The first kappa shape index (κ1) is 18.6. The molecular formula is C20H24N2O3S. The molecule has 1 aliphatic rings. The van der Waals surface area contributed by atoms with Gasteiger partial charge in [-0.15, -0.1) is 0 Å². The van der Waals surface area contributed by atoms with Crippen molar-refractivity contribution in [2.45, 2.75) is 50.5 Å². The van der Waals surface area contributed by atoms with Crippen molar-refractivity contribution < 1.29 is 13.2 Å². The maximum absolute atomic E-state index is 12.7. The van der Waals surface area contributed by atoms with Gasteiger partial charge >= 0.3 is 0 Å². The lowest BCUT2D eigenvalue weighted by Crippen LogP contribution is -2.28. The average molecular weight is 372 g/mol. The van der Waals surface area contributed by atoms with E-state index in [2.05, 4.69) is 23.5 Å². The lowest BCUT2D eigenvalue weighted by Gasteiger charge is -2.20. The molecule has 0 fully saturated rings. The maximum Gasteiger partial charge on any atom is 0.252 e. The molecule has 2 aromatic carbocycles. The van der Waals surface area contributed by atoms with E-state index >= 15 is 0 Å². The third kappa shape index (κ3) is 3.97. The van der Waals surface area contributed by atoms with Gasteiger partial charge in [-0.1, -0.05) is 24.3 Å². The summed E-state index contributed by atoms with van der Waals surface area (Å²) in [4.78, 5) is 12.6. The minimum absolute atomic E-state index is 0.0605. The number of aryl methyl sites for hydroxylation is 3. The van der Waals surface area contributed by atoms with Crippen molar-refractivity contribution in [3.8, 4) is 0 Å². The molecule has 2 aromatic rings. The fourth-order valence-corrected chi connectivity index (χ4v) is 3.94. The van der Waals surface area contributed by atoms with Crippen molar-refractivity contribution in [1.29, 1.82) is 0 Å². The number of primary sulfonamides is 1. The van der Waals surface area contributed by atoms with Crippen LogP contribution >= 0.6 is 0 Å². The van der Waals surface area contributed by atoms with Gasteiger partial charge in [-0.05, 0) is 73.9 Å². The second-order valence-corrected chi connectivity index (χ2v) is 8.51. The van der Waals surface area contributed by atoms with Gasteiger partial charge in [0.15, 0.2) is 0 Å². The number of sulfonamides is 1. The van der Waals surface area contributed by atoms with Crippen LogP contribution in [0.5, 0.6) is 0 Å². The molecule has 138 valence electrons. The molecule has 0 saturated carbocycles. The molecule has 1 amide bonds. The molecule has 3 rings (SSSR count). The average Bonchev–Trinajstić information content (AvgIpc) is 2.60. The van der Waals surface area contributed by atoms with Crippen molar-refractivity contribution in [2.24, 2.45) is 5.14 Å². The number of nitrogens with one attached hydrogen (secondary N) is 1. The Morgan fingerprint density at radius 1 is 1.08 bits per heavy atom. The summed E-state index contributed by atoms with van der Waals surface area (Å²) in [5.74, 6) is -0.307. The van der Waals surface area contributed by atoms with Crippen LogP contribution in [-0.4, -0.2) is 14.3 Å². The van der Waals surface area contributed by atoms with Gasteiger partial charge in [0.05, 0.1) is 10.9 Å². The van der Waals surface area contributed by atoms with Crippen molar-refractivity contribution in [3.63, 3.8) is 0 Å². The van der Waals surface area contributed by atoms with Crippen molar-refractivity contribution >= 4 is 15.9 Å². The number of carbonyl (C=O) groups excluding carboxylic acids is 1. The van der Waals surface area contributed by atoms with E-state index in [1.165, 1.54) is 36.1 Å². The van der Waals surface area contributed by atoms with Crippen LogP contribution < -0.4 is 10.5 Å². The molecule has 0 radical (unpaired) electrons. The molecule has 26 heavy (non-hydrogen) atoms. The molecule has 0 bridgehead atoms. The van der Waals surface area contributed by atoms with Gasteiger partial charge in [0.25, 0.3) is 5.91 Å². The zero-order valence-electron chi connectivity index (χ0n) is 15.1. The van der Waals surface area contributed by atoms with Gasteiger partial charge in [0.2, 0.25) is 10.0 Å². The van der Waals surface area contributed by atoms with Crippen LogP contribution in [0.3, 0.4) is 0 Å². The third-order valence-electron chi connectivity index (χ3n) is 5.00. The molecule has 0 aliphatic heterocycles. The van der Waals surface area contributed by atoms with E-state index in [0.717, 1.165) is 18.4 Å². The van der Waals surface area contributed by atoms with Gasteiger partial charge in [-0.3, -0.25) is 4.79 Å². The maximum atomic E-state index is 12.7. The molecule has 5 nitrogen and oxygen atoms in total. The van der Waals surface area contributed by atoms with Crippen LogP contribution in [0.1, 0.15) is 58.4 Å². The molecule has 0 spiro atoms. The lowest BCUT2D eigenvalue weighted by atomic mass is 9.89. The highest BCUT2D eigenvalue weighted by molar-refractivity contribution is 7.89. The summed E-state index contributed by atoms with van der Waals surface area (Å²) in [6.45, 7) is 3.70. The van der Waals surface area contributed by atoms with Crippen LogP contribution in [0, 0.1) is 6.92 Å². The fourth-order valence-electron chi connectivity index (χ4n) is 3.40. The molecular weight excluding hydrogens is 348 g/mol. The number of fused-ring (bicyclic) bond motifs is 1. The summed E-state index contributed by atoms with van der Waals surface area (Å²) in [5.41, 5.74) is 4.84. The topological polar surface area (TPSA) is 89.3 Å². The predicted molar refractivity (Wildman–Crippen MR) is 102 cm³/mol. The van der Waals surface area contributed by atoms with Gasteiger partial charge < -0.3 is 5.32 Å². The van der Waals surface area contributed by atoms with Gasteiger partial charge in [0.1, 0.15) is 0 Å². The normalized spacial score (nSPS) is 15.2. The Labute approximate surface area is 154 Å². The van der Waals surface area contributed by atoms with Gasteiger partial charge in [0, 0.05) is 5.56 Å². The van der Waals surface area contributed by atoms with E-state index in [0.29, 0.717) is 11.1 Å². The molecule has 0 aromatic heterocycles. The Morgan fingerprint density at radius 3 is 2.46 bits per heavy atom. The van der Waals surface area contributed by atoms with Crippen molar-refractivity contribution in [3.05, 3.63) is 64.2 Å². The third-order valence-corrected chi connectivity index (χ3v) is 5.91. The highest BCUT2D eigenvalue weighted by Crippen LogP contribution is 2.25.